The highest BCUT2D eigenvalue weighted by molar-refractivity contribution is 7.79. The van der Waals surface area contributed by atoms with Crippen LogP contribution in [-0.2, 0) is 15.9 Å². The minimum Gasteiger partial charge on any atom is -0.321 e. The van der Waals surface area contributed by atoms with E-state index in [4.69, 9.17) is 4.55 Å². The summed E-state index contributed by atoms with van der Waals surface area (Å²) in [6.45, 7) is 1.21. The quantitative estimate of drug-likeness (QED) is 0.470. The van der Waals surface area contributed by atoms with Crippen LogP contribution in [0.5, 0.6) is 0 Å². The Balaban J connectivity index is 3.24. The second kappa shape index (κ2) is 4.81. The number of nitrogens with one attached hydrogen (secondary N) is 1. The Hall–Kier alpha value is -1.80. The molecule has 1 aromatic carbocycles. The first-order chi connectivity index (χ1) is 7.41. The molecule has 1 aromatic rings. The number of benzene rings is 1. The summed E-state index contributed by atoms with van der Waals surface area (Å²) in [5, 5.41) is 12.9. The van der Waals surface area contributed by atoms with Crippen molar-refractivity contribution >= 4 is 28.4 Å². The molecule has 1 unspecified atom stereocenters. The molecular weight excluding hydrogens is 236 g/mol. The van der Waals surface area contributed by atoms with Gasteiger partial charge in [0.2, 0.25) is 5.91 Å². The van der Waals surface area contributed by atoms with E-state index in [2.05, 4.69) is 5.32 Å². The summed E-state index contributed by atoms with van der Waals surface area (Å²) >= 11 is -2.29. The van der Waals surface area contributed by atoms with Gasteiger partial charge in [0.05, 0.1) is 9.82 Å². The largest absolute Gasteiger partial charge is 0.321 e. The van der Waals surface area contributed by atoms with Crippen molar-refractivity contribution in [2.24, 2.45) is 0 Å². The van der Waals surface area contributed by atoms with Crippen LogP contribution in [0, 0.1) is 10.1 Å². The maximum Gasteiger partial charge on any atom is 0.294 e. The van der Waals surface area contributed by atoms with Crippen LogP contribution >= 0.6 is 0 Å². The molecule has 0 saturated carbocycles. The lowest BCUT2D eigenvalue weighted by atomic mass is 10.2. The Morgan fingerprint density at radius 3 is 2.62 bits per heavy atom. The smallest absolute Gasteiger partial charge is 0.294 e. The number of amides is 1. The van der Waals surface area contributed by atoms with Crippen molar-refractivity contribution in [3.05, 3.63) is 28.3 Å². The molecular formula is C8H8N2O5S. The molecule has 7 nitrogen and oxygen atoms in total. The minimum atomic E-state index is -2.29. The van der Waals surface area contributed by atoms with E-state index in [0.29, 0.717) is 0 Å². The van der Waals surface area contributed by atoms with E-state index >= 15 is 0 Å². The lowest BCUT2D eigenvalue weighted by molar-refractivity contribution is -0.384. The number of rotatable bonds is 3. The Kier molecular flexibility index (Phi) is 3.69. The van der Waals surface area contributed by atoms with Gasteiger partial charge in [-0.25, -0.2) is 4.21 Å². The van der Waals surface area contributed by atoms with Gasteiger partial charge in [-0.2, -0.15) is 0 Å². The highest BCUT2D eigenvalue weighted by Gasteiger charge is 2.17. The summed E-state index contributed by atoms with van der Waals surface area (Å²) in [7, 11) is 0. The number of nitro groups is 1. The number of nitrogens with zero attached hydrogens (tertiary/aromatic N) is 1. The van der Waals surface area contributed by atoms with Crippen LogP contribution in [0.15, 0.2) is 23.1 Å². The molecule has 1 atom stereocenters. The number of carbonyl (C=O) groups excluding carboxylic acids is 1. The molecule has 86 valence electrons. The molecule has 16 heavy (non-hydrogen) atoms. The number of nitro benzene ring substituents is 1. The fourth-order valence-electron chi connectivity index (χ4n) is 1.07. The van der Waals surface area contributed by atoms with E-state index in [0.717, 1.165) is 6.07 Å². The third kappa shape index (κ3) is 2.84. The number of anilines is 1. The first-order valence-corrected chi connectivity index (χ1v) is 5.19. The summed E-state index contributed by atoms with van der Waals surface area (Å²) in [5.74, 6) is -0.457. The molecule has 0 aliphatic rings. The molecule has 0 aliphatic heterocycles. The third-order valence-corrected chi connectivity index (χ3v) is 2.34. The van der Waals surface area contributed by atoms with Gasteiger partial charge in [0.15, 0.2) is 11.1 Å². The predicted octanol–water partition coefficient (Wildman–Crippen LogP) is 1.13. The van der Waals surface area contributed by atoms with Crippen LogP contribution in [0.3, 0.4) is 0 Å². The van der Waals surface area contributed by atoms with Crippen molar-refractivity contribution in [3.8, 4) is 0 Å². The van der Waals surface area contributed by atoms with Crippen molar-refractivity contribution in [1.29, 1.82) is 0 Å². The molecule has 8 heteroatoms. The summed E-state index contributed by atoms with van der Waals surface area (Å²) in [5.41, 5.74) is -0.429. The van der Waals surface area contributed by atoms with E-state index in [9.17, 15) is 19.1 Å². The maximum atomic E-state index is 10.8. The first kappa shape index (κ1) is 12.3. The highest BCUT2D eigenvalue weighted by Crippen LogP contribution is 2.26. The lowest BCUT2D eigenvalue weighted by Crippen LogP contribution is -2.08. The van der Waals surface area contributed by atoms with Crippen molar-refractivity contribution in [3.63, 3.8) is 0 Å². The summed E-state index contributed by atoms with van der Waals surface area (Å²) in [6, 6.07) is 3.39. The Labute approximate surface area is 92.9 Å². The normalized spacial score (nSPS) is 11.9. The van der Waals surface area contributed by atoms with Gasteiger partial charge in [0.25, 0.3) is 5.69 Å². The number of hydrogen-bond acceptors (Lipinski definition) is 4. The van der Waals surface area contributed by atoms with Crippen LogP contribution in [0.1, 0.15) is 6.92 Å². The topological polar surface area (TPSA) is 110 Å². The van der Waals surface area contributed by atoms with Crippen LogP contribution in [0.25, 0.3) is 0 Å². The third-order valence-electron chi connectivity index (χ3n) is 1.68. The van der Waals surface area contributed by atoms with Gasteiger partial charge in [-0.05, 0) is 12.1 Å². The van der Waals surface area contributed by atoms with E-state index in [-0.39, 0.29) is 10.6 Å². The molecule has 1 amide bonds. The average Bonchev–Trinajstić information content (AvgIpc) is 2.16. The zero-order chi connectivity index (χ0) is 12.3. The molecule has 1 rings (SSSR count). The number of hydrogen-bond donors (Lipinski definition) is 2. The van der Waals surface area contributed by atoms with Crippen molar-refractivity contribution < 1.29 is 18.5 Å². The van der Waals surface area contributed by atoms with Crippen molar-refractivity contribution in [1.82, 2.24) is 0 Å². The molecule has 0 aromatic heterocycles. The van der Waals surface area contributed by atoms with Gasteiger partial charge < -0.3 is 9.87 Å². The Morgan fingerprint density at radius 2 is 2.19 bits per heavy atom. The Bertz CT molecular complexity index is 473. The standard InChI is InChI=1S/C8H8N2O5S/c1-5(11)9-7-3-2-6(16(14)15)4-8(7)10(12)13/h2-4H,1H3,(H,9,11)(H,14,15). The van der Waals surface area contributed by atoms with E-state index in [1.165, 1.54) is 19.1 Å². The zero-order valence-corrected chi connectivity index (χ0v) is 8.98. The van der Waals surface area contributed by atoms with Crippen LogP contribution in [0.4, 0.5) is 11.4 Å². The van der Waals surface area contributed by atoms with Gasteiger partial charge in [-0.3, -0.25) is 14.9 Å². The fourth-order valence-corrected chi connectivity index (χ4v) is 1.46. The van der Waals surface area contributed by atoms with Crippen LogP contribution in [0.2, 0.25) is 0 Å². The van der Waals surface area contributed by atoms with E-state index < -0.39 is 27.6 Å². The van der Waals surface area contributed by atoms with Gasteiger partial charge in [-0.15, -0.1) is 0 Å². The predicted molar refractivity (Wildman–Crippen MR) is 56.4 cm³/mol. The fraction of sp³-hybridized carbons (Fsp3) is 0.125. The summed E-state index contributed by atoms with van der Waals surface area (Å²) in [4.78, 5) is 20.6. The molecule has 2 N–H and O–H groups in total. The molecule has 0 aliphatic carbocycles. The number of carbonyl (C=O) groups is 1. The lowest BCUT2D eigenvalue weighted by Gasteiger charge is -2.04. The van der Waals surface area contributed by atoms with Crippen LogP contribution < -0.4 is 5.32 Å². The van der Waals surface area contributed by atoms with Crippen molar-refractivity contribution in [2.45, 2.75) is 11.8 Å². The second-order valence-corrected chi connectivity index (χ2v) is 3.84. The zero-order valence-electron chi connectivity index (χ0n) is 8.17. The molecule has 0 radical (unpaired) electrons. The van der Waals surface area contributed by atoms with Gasteiger partial charge in [0.1, 0.15) is 5.69 Å². The molecule has 0 saturated heterocycles. The minimum absolute atomic E-state index is 0.00769. The van der Waals surface area contributed by atoms with Gasteiger partial charge >= 0.3 is 0 Å². The van der Waals surface area contributed by atoms with Gasteiger partial charge in [-0.1, -0.05) is 0 Å². The Morgan fingerprint density at radius 1 is 1.56 bits per heavy atom. The summed E-state index contributed by atoms with van der Waals surface area (Å²) in [6.07, 6.45) is 0. The maximum absolute atomic E-state index is 10.8. The van der Waals surface area contributed by atoms with Gasteiger partial charge in [0, 0.05) is 13.0 Å². The highest BCUT2D eigenvalue weighted by atomic mass is 32.2. The average molecular weight is 244 g/mol. The van der Waals surface area contributed by atoms with E-state index in [1.54, 1.807) is 0 Å². The second-order valence-electron chi connectivity index (χ2n) is 2.87. The molecule has 0 fully saturated rings. The monoisotopic (exact) mass is 244 g/mol. The first-order valence-electron chi connectivity index (χ1n) is 4.08. The van der Waals surface area contributed by atoms with E-state index in [1.807, 2.05) is 0 Å². The van der Waals surface area contributed by atoms with Crippen molar-refractivity contribution in [2.75, 3.05) is 5.32 Å². The molecule has 0 heterocycles. The molecule has 0 spiro atoms. The van der Waals surface area contributed by atoms with Crippen LogP contribution in [-0.4, -0.2) is 19.6 Å². The SMILES string of the molecule is CC(=O)Nc1ccc(S(=O)O)cc1[N+](=O)[O-]. The summed E-state index contributed by atoms with van der Waals surface area (Å²) < 4.78 is 19.5. The molecule has 0 bridgehead atoms.